The van der Waals surface area contributed by atoms with Gasteiger partial charge in [0.05, 0.1) is 12.5 Å². The second-order valence-electron chi connectivity index (χ2n) is 1.27. The quantitative estimate of drug-likeness (QED) is 0.524. The first kappa shape index (κ1) is 4.37. The van der Waals surface area contributed by atoms with Gasteiger partial charge in [0.1, 0.15) is 6.67 Å². The third-order valence-electron chi connectivity index (χ3n) is 0.734. The Morgan fingerprint density at radius 1 is 1.71 bits per heavy atom. The fraction of sp³-hybridized carbons (Fsp3) is 0.200. The van der Waals surface area contributed by atoms with E-state index in [0.29, 0.717) is 5.56 Å². The van der Waals surface area contributed by atoms with E-state index in [1.165, 1.54) is 12.5 Å². The minimum absolute atomic E-state index is 0.434. The summed E-state index contributed by atoms with van der Waals surface area (Å²) in [4.78, 5) is 0. The van der Waals surface area contributed by atoms with E-state index in [1.807, 2.05) is 0 Å². The van der Waals surface area contributed by atoms with Crippen LogP contribution in [0.5, 0.6) is 0 Å². The van der Waals surface area contributed by atoms with E-state index in [2.05, 4.69) is 4.42 Å². The third-order valence-corrected chi connectivity index (χ3v) is 0.734. The summed E-state index contributed by atoms with van der Waals surface area (Å²) in [6, 6.07) is 1.60. The lowest BCUT2D eigenvalue weighted by molar-refractivity contribution is 0.477. The Morgan fingerprint density at radius 2 is 2.57 bits per heavy atom. The van der Waals surface area contributed by atoms with Crippen LogP contribution in [-0.4, -0.2) is 0 Å². The molecule has 0 saturated heterocycles. The van der Waals surface area contributed by atoms with Crippen molar-refractivity contribution in [3.8, 4) is 0 Å². The molecule has 1 rings (SSSR count). The van der Waals surface area contributed by atoms with Gasteiger partial charge in [-0.1, -0.05) is 0 Å². The van der Waals surface area contributed by atoms with E-state index in [-0.39, 0.29) is 0 Å². The van der Waals surface area contributed by atoms with Gasteiger partial charge in [-0.05, 0) is 6.07 Å². The first-order valence-electron chi connectivity index (χ1n) is 2.00. The van der Waals surface area contributed by atoms with Crippen molar-refractivity contribution >= 4 is 0 Å². The predicted molar refractivity (Wildman–Crippen MR) is 23.5 cm³/mol. The molecule has 0 atom stereocenters. The van der Waals surface area contributed by atoms with Gasteiger partial charge in [-0.3, -0.25) is 0 Å². The molecule has 1 heterocycles. The Bertz CT molecular complexity index is 123. The van der Waals surface area contributed by atoms with E-state index in [9.17, 15) is 4.39 Å². The highest BCUT2D eigenvalue weighted by atomic mass is 19.1. The summed E-state index contributed by atoms with van der Waals surface area (Å²) >= 11 is 0. The van der Waals surface area contributed by atoms with Gasteiger partial charge in [0.15, 0.2) is 0 Å². The van der Waals surface area contributed by atoms with Gasteiger partial charge < -0.3 is 4.42 Å². The SMILES string of the molecule is FCc1ccoc1. The van der Waals surface area contributed by atoms with Gasteiger partial charge in [-0.25, -0.2) is 4.39 Å². The lowest BCUT2D eigenvalue weighted by Crippen LogP contribution is -1.64. The summed E-state index contributed by atoms with van der Waals surface area (Å²) in [5.41, 5.74) is 0.597. The van der Waals surface area contributed by atoms with Gasteiger partial charge in [0.25, 0.3) is 0 Å². The first-order chi connectivity index (χ1) is 3.43. The van der Waals surface area contributed by atoms with Crippen LogP contribution in [0.2, 0.25) is 0 Å². The lowest BCUT2D eigenvalue weighted by atomic mass is 10.4. The minimum Gasteiger partial charge on any atom is -0.472 e. The molecule has 0 aromatic carbocycles. The zero-order chi connectivity index (χ0) is 5.11. The molecule has 38 valence electrons. The largest absolute Gasteiger partial charge is 0.472 e. The van der Waals surface area contributed by atoms with Crippen molar-refractivity contribution in [3.05, 3.63) is 24.2 Å². The van der Waals surface area contributed by atoms with Crippen molar-refractivity contribution in [2.24, 2.45) is 0 Å². The zero-order valence-electron chi connectivity index (χ0n) is 3.73. The molecule has 0 saturated carbocycles. The molecule has 1 aromatic rings. The Hall–Kier alpha value is -0.790. The standard InChI is InChI=1S/C5H5FO/c6-3-5-1-2-7-4-5/h1-2,4H,3H2. The Labute approximate surface area is 40.8 Å². The van der Waals surface area contributed by atoms with Crippen LogP contribution < -0.4 is 0 Å². The monoisotopic (exact) mass is 100 g/mol. The summed E-state index contributed by atoms with van der Waals surface area (Å²) in [6.07, 6.45) is 2.84. The molecule has 2 heteroatoms. The minimum atomic E-state index is -0.434. The van der Waals surface area contributed by atoms with Crippen LogP contribution in [0.15, 0.2) is 23.0 Å². The highest BCUT2D eigenvalue weighted by Crippen LogP contribution is 1.99. The second kappa shape index (κ2) is 1.78. The van der Waals surface area contributed by atoms with E-state index < -0.39 is 6.67 Å². The van der Waals surface area contributed by atoms with Gasteiger partial charge in [-0.15, -0.1) is 0 Å². The molecule has 0 unspecified atom stereocenters. The molecule has 7 heavy (non-hydrogen) atoms. The van der Waals surface area contributed by atoms with Crippen LogP contribution in [-0.2, 0) is 6.67 Å². The highest BCUT2D eigenvalue weighted by molar-refractivity contribution is 5.02. The number of rotatable bonds is 1. The van der Waals surface area contributed by atoms with Gasteiger partial charge in [-0.2, -0.15) is 0 Å². The molecule has 0 radical (unpaired) electrons. The average molecular weight is 100 g/mol. The molecular formula is C5H5FO. The third kappa shape index (κ3) is 0.796. The number of hydrogen-bond acceptors (Lipinski definition) is 1. The van der Waals surface area contributed by atoms with Crippen molar-refractivity contribution in [3.63, 3.8) is 0 Å². The van der Waals surface area contributed by atoms with Crippen LogP contribution in [0, 0.1) is 0 Å². The molecule has 1 aromatic heterocycles. The van der Waals surface area contributed by atoms with Crippen molar-refractivity contribution in [1.29, 1.82) is 0 Å². The van der Waals surface area contributed by atoms with Gasteiger partial charge in [0.2, 0.25) is 0 Å². The average Bonchev–Trinajstić information content (AvgIpc) is 2.14. The van der Waals surface area contributed by atoms with Crippen molar-refractivity contribution in [2.75, 3.05) is 0 Å². The molecule has 0 bridgehead atoms. The molecule has 0 aliphatic rings. The molecule has 0 aliphatic heterocycles. The van der Waals surface area contributed by atoms with Crippen molar-refractivity contribution in [2.45, 2.75) is 6.67 Å². The zero-order valence-corrected chi connectivity index (χ0v) is 3.73. The fourth-order valence-corrected chi connectivity index (χ4v) is 0.369. The number of hydrogen-bond donors (Lipinski definition) is 0. The number of furan rings is 1. The second-order valence-corrected chi connectivity index (χ2v) is 1.27. The van der Waals surface area contributed by atoms with Gasteiger partial charge in [0, 0.05) is 5.56 Å². The summed E-state index contributed by atoms with van der Waals surface area (Å²) in [5.74, 6) is 0. The highest BCUT2D eigenvalue weighted by Gasteiger charge is 1.86. The molecule has 0 aliphatic carbocycles. The maximum absolute atomic E-state index is 11.5. The normalized spacial score (nSPS) is 9.29. The Morgan fingerprint density at radius 3 is 2.86 bits per heavy atom. The van der Waals surface area contributed by atoms with E-state index >= 15 is 0 Å². The van der Waals surface area contributed by atoms with Crippen molar-refractivity contribution in [1.82, 2.24) is 0 Å². The van der Waals surface area contributed by atoms with E-state index in [0.717, 1.165) is 0 Å². The van der Waals surface area contributed by atoms with Crippen molar-refractivity contribution < 1.29 is 8.81 Å². The van der Waals surface area contributed by atoms with Crippen LogP contribution in [0.25, 0.3) is 0 Å². The maximum Gasteiger partial charge on any atom is 0.118 e. The Kier molecular flexibility index (Phi) is 1.11. The molecule has 0 fully saturated rings. The topological polar surface area (TPSA) is 13.1 Å². The van der Waals surface area contributed by atoms with E-state index in [1.54, 1.807) is 6.07 Å². The first-order valence-corrected chi connectivity index (χ1v) is 2.00. The number of halogens is 1. The Balaban J connectivity index is 2.76. The van der Waals surface area contributed by atoms with Crippen LogP contribution in [0.3, 0.4) is 0 Å². The lowest BCUT2D eigenvalue weighted by Gasteiger charge is -1.73. The number of alkyl halides is 1. The summed E-state index contributed by atoms with van der Waals surface area (Å²) < 4.78 is 16.1. The van der Waals surface area contributed by atoms with Crippen LogP contribution >= 0.6 is 0 Å². The molecule has 0 amide bonds. The predicted octanol–water partition coefficient (Wildman–Crippen LogP) is 1.75. The fourth-order valence-electron chi connectivity index (χ4n) is 0.369. The van der Waals surface area contributed by atoms with Crippen LogP contribution in [0.4, 0.5) is 4.39 Å². The smallest absolute Gasteiger partial charge is 0.118 e. The van der Waals surface area contributed by atoms with Crippen LogP contribution in [0.1, 0.15) is 5.56 Å². The molecule has 0 N–H and O–H groups in total. The summed E-state index contributed by atoms with van der Waals surface area (Å²) in [6.45, 7) is -0.434. The summed E-state index contributed by atoms with van der Waals surface area (Å²) in [7, 11) is 0. The summed E-state index contributed by atoms with van der Waals surface area (Å²) in [5, 5.41) is 0. The van der Waals surface area contributed by atoms with Gasteiger partial charge >= 0.3 is 0 Å². The van der Waals surface area contributed by atoms with E-state index in [4.69, 9.17) is 0 Å². The molecular weight excluding hydrogens is 95.1 g/mol. The maximum atomic E-state index is 11.5. The molecule has 0 spiro atoms. The molecule has 1 nitrogen and oxygen atoms in total.